The topological polar surface area (TPSA) is 12.9 Å². The van der Waals surface area contributed by atoms with Gasteiger partial charge in [-0.2, -0.15) is 0 Å². The summed E-state index contributed by atoms with van der Waals surface area (Å²) in [7, 11) is 0. The predicted octanol–water partition coefficient (Wildman–Crippen LogP) is 4.85. The summed E-state index contributed by atoms with van der Waals surface area (Å²) in [5.41, 5.74) is 5.12. The van der Waals surface area contributed by atoms with Gasteiger partial charge in [-0.3, -0.25) is 4.98 Å². The van der Waals surface area contributed by atoms with E-state index in [2.05, 4.69) is 56.1 Å². The van der Waals surface area contributed by atoms with Gasteiger partial charge in [0.2, 0.25) is 0 Å². The minimum atomic E-state index is 1.06. The fourth-order valence-corrected chi connectivity index (χ4v) is 2.22. The first-order valence-corrected chi connectivity index (χ1v) is 6.50. The van der Waals surface area contributed by atoms with E-state index in [1.165, 1.54) is 22.1 Å². The average molecular weight is 249 g/mol. The summed E-state index contributed by atoms with van der Waals surface area (Å²) in [5, 5.41) is 1.20. The molecule has 0 aliphatic carbocycles. The maximum atomic E-state index is 4.18. The molecular weight excluding hydrogens is 230 g/mol. The van der Waals surface area contributed by atoms with Gasteiger partial charge in [0, 0.05) is 11.6 Å². The zero-order valence-electron chi connectivity index (χ0n) is 11.7. The van der Waals surface area contributed by atoms with Crippen LogP contribution in [-0.2, 0) is 0 Å². The average Bonchev–Trinajstić information content (AvgIpc) is 2.38. The maximum Gasteiger partial charge on any atom is 0.0701 e. The highest BCUT2D eigenvalue weighted by atomic mass is 14.6. The summed E-state index contributed by atoms with van der Waals surface area (Å²) in [4.78, 5) is 4.18. The molecule has 19 heavy (non-hydrogen) atoms. The van der Waals surface area contributed by atoms with E-state index in [-0.39, 0.29) is 0 Å². The highest BCUT2D eigenvalue weighted by Gasteiger charge is 1.87. The Morgan fingerprint density at radius 2 is 1.21 bits per heavy atom. The molecule has 1 heteroatoms. The number of para-hydroxylation sites is 1. The Labute approximate surface area is 114 Å². The molecule has 1 heterocycles. The van der Waals surface area contributed by atoms with Crippen molar-refractivity contribution >= 4 is 10.9 Å². The molecule has 1 aromatic heterocycles. The Hall–Kier alpha value is -2.15. The normalized spacial score (nSPS) is 9.84. The van der Waals surface area contributed by atoms with Crippen LogP contribution >= 0.6 is 0 Å². The number of hydrogen-bond donors (Lipinski definition) is 0. The number of hydrogen-bond acceptors (Lipinski definition) is 1. The third kappa shape index (κ3) is 3.92. The Morgan fingerprint density at radius 1 is 0.684 bits per heavy atom. The number of pyridine rings is 1. The van der Waals surface area contributed by atoms with Crippen LogP contribution in [0.2, 0.25) is 0 Å². The number of aromatic nitrogens is 1. The van der Waals surface area contributed by atoms with Crippen LogP contribution in [0.4, 0.5) is 0 Å². The summed E-state index contributed by atoms with van der Waals surface area (Å²) in [6.07, 6.45) is 1.81. The largest absolute Gasteiger partial charge is 0.256 e. The third-order valence-corrected chi connectivity index (χ3v) is 2.88. The van der Waals surface area contributed by atoms with Crippen LogP contribution in [0.1, 0.15) is 16.7 Å². The Balaban J connectivity index is 0.000000141. The molecule has 0 bridgehead atoms. The van der Waals surface area contributed by atoms with Crippen molar-refractivity contribution in [1.29, 1.82) is 0 Å². The minimum absolute atomic E-state index is 1.06. The van der Waals surface area contributed by atoms with Gasteiger partial charge in [-0.15, -0.1) is 0 Å². The highest BCUT2D eigenvalue weighted by molar-refractivity contribution is 5.77. The van der Waals surface area contributed by atoms with Crippen LogP contribution in [0.25, 0.3) is 10.9 Å². The minimum Gasteiger partial charge on any atom is -0.256 e. The van der Waals surface area contributed by atoms with E-state index >= 15 is 0 Å². The van der Waals surface area contributed by atoms with Crippen LogP contribution in [0.15, 0.2) is 60.8 Å². The summed E-state index contributed by atoms with van der Waals surface area (Å²) >= 11 is 0. The molecule has 0 amide bonds. The monoisotopic (exact) mass is 249 g/mol. The molecule has 1 nitrogen and oxygen atoms in total. The van der Waals surface area contributed by atoms with Gasteiger partial charge in [0.25, 0.3) is 0 Å². The molecule has 0 radical (unpaired) electrons. The quantitative estimate of drug-likeness (QED) is 0.555. The summed E-state index contributed by atoms with van der Waals surface area (Å²) in [5.74, 6) is 0. The molecule has 0 fully saturated rings. The lowest BCUT2D eigenvalue weighted by Crippen LogP contribution is -1.78. The summed E-state index contributed by atoms with van der Waals surface area (Å²) in [6.45, 7) is 6.38. The van der Waals surface area contributed by atoms with Crippen LogP contribution in [0, 0.1) is 20.8 Å². The number of benzene rings is 2. The van der Waals surface area contributed by atoms with Crippen molar-refractivity contribution in [2.45, 2.75) is 20.8 Å². The molecule has 2 aromatic carbocycles. The molecule has 0 spiro atoms. The first-order chi connectivity index (χ1) is 9.15. The van der Waals surface area contributed by atoms with E-state index in [1.54, 1.807) is 0 Å². The van der Waals surface area contributed by atoms with E-state index in [0.717, 1.165) is 5.52 Å². The third-order valence-electron chi connectivity index (χ3n) is 2.88. The zero-order chi connectivity index (χ0) is 13.7. The smallest absolute Gasteiger partial charge is 0.0701 e. The van der Waals surface area contributed by atoms with Crippen molar-refractivity contribution in [1.82, 2.24) is 4.98 Å². The summed E-state index contributed by atoms with van der Waals surface area (Å²) in [6, 6.07) is 18.6. The second kappa shape index (κ2) is 6.14. The SMILES string of the molecule is Cc1cc(C)cc(C)c1.c1ccc2ncccc2c1. The lowest BCUT2D eigenvalue weighted by atomic mass is 10.1. The molecule has 3 aromatic rings. The first kappa shape index (κ1) is 13.3. The maximum absolute atomic E-state index is 4.18. The molecule has 3 rings (SSSR count). The fourth-order valence-electron chi connectivity index (χ4n) is 2.22. The second-order valence-corrected chi connectivity index (χ2v) is 4.86. The van der Waals surface area contributed by atoms with Gasteiger partial charge in [0.15, 0.2) is 0 Å². The van der Waals surface area contributed by atoms with Crippen LogP contribution in [-0.4, -0.2) is 4.98 Å². The van der Waals surface area contributed by atoms with Gasteiger partial charge < -0.3 is 0 Å². The number of rotatable bonds is 0. The highest BCUT2D eigenvalue weighted by Crippen LogP contribution is 2.08. The van der Waals surface area contributed by atoms with E-state index in [0.29, 0.717) is 0 Å². The second-order valence-electron chi connectivity index (χ2n) is 4.86. The zero-order valence-corrected chi connectivity index (χ0v) is 11.7. The summed E-state index contributed by atoms with van der Waals surface area (Å²) < 4.78 is 0. The van der Waals surface area contributed by atoms with Crippen molar-refractivity contribution in [3.63, 3.8) is 0 Å². The number of aryl methyl sites for hydroxylation is 3. The lowest BCUT2D eigenvalue weighted by molar-refractivity contribution is 1.32. The van der Waals surface area contributed by atoms with Gasteiger partial charge >= 0.3 is 0 Å². The van der Waals surface area contributed by atoms with E-state index in [9.17, 15) is 0 Å². The molecule has 0 aliphatic heterocycles. The van der Waals surface area contributed by atoms with Crippen LogP contribution < -0.4 is 0 Å². The number of nitrogens with zero attached hydrogens (tertiary/aromatic N) is 1. The van der Waals surface area contributed by atoms with Crippen LogP contribution in [0.3, 0.4) is 0 Å². The first-order valence-electron chi connectivity index (χ1n) is 6.50. The van der Waals surface area contributed by atoms with Gasteiger partial charge in [-0.25, -0.2) is 0 Å². The van der Waals surface area contributed by atoms with Gasteiger partial charge in [-0.05, 0) is 32.9 Å². The van der Waals surface area contributed by atoms with Crippen LogP contribution in [0.5, 0.6) is 0 Å². The molecule has 0 aliphatic rings. The van der Waals surface area contributed by atoms with Crippen molar-refractivity contribution in [3.8, 4) is 0 Å². The predicted molar refractivity (Wildman–Crippen MR) is 82.4 cm³/mol. The van der Waals surface area contributed by atoms with E-state index in [4.69, 9.17) is 0 Å². The van der Waals surface area contributed by atoms with E-state index < -0.39 is 0 Å². The lowest BCUT2D eigenvalue weighted by Gasteiger charge is -1.96. The molecule has 0 N–H and O–H groups in total. The Morgan fingerprint density at radius 3 is 1.79 bits per heavy atom. The molecule has 0 saturated carbocycles. The van der Waals surface area contributed by atoms with Crippen molar-refractivity contribution in [2.75, 3.05) is 0 Å². The van der Waals surface area contributed by atoms with E-state index in [1.807, 2.05) is 30.5 Å². The fraction of sp³-hybridized carbons (Fsp3) is 0.167. The van der Waals surface area contributed by atoms with Crippen molar-refractivity contribution in [2.24, 2.45) is 0 Å². The molecule has 96 valence electrons. The number of fused-ring (bicyclic) bond motifs is 1. The molecular formula is C18H19N. The Kier molecular flexibility index (Phi) is 4.30. The van der Waals surface area contributed by atoms with Gasteiger partial charge in [-0.1, -0.05) is 59.2 Å². The van der Waals surface area contributed by atoms with Gasteiger partial charge in [0.05, 0.1) is 5.52 Å². The van der Waals surface area contributed by atoms with Crippen molar-refractivity contribution < 1.29 is 0 Å². The van der Waals surface area contributed by atoms with Gasteiger partial charge in [0.1, 0.15) is 0 Å². The molecule has 0 atom stereocenters. The Bertz CT molecular complexity index is 555. The molecule has 0 unspecified atom stereocenters. The standard InChI is InChI=1S/C9H7N.C9H12/c1-2-6-9-8(4-1)5-3-7-10-9;1-7-4-8(2)6-9(3)5-7/h1-7H;4-6H,1-3H3. The van der Waals surface area contributed by atoms with Crippen molar-refractivity contribution in [3.05, 3.63) is 77.5 Å². The molecule has 0 saturated heterocycles.